The lowest BCUT2D eigenvalue weighted by Gasteiger charge is -2.28. The van der Waals surface area contributed by atoms with Gasteiger partial charge in [0.15, 0.2) is 5.69 Å². The van der Waals surface area contributed by atoms with E-state index in [-0.39, 0.29) is 29.3 Å². The van der Waals surface area contributed by atoms with Gasteiger partial charge in [0.1, 0.15) is 23.2 Å². The van der Waals surface area contributed by atoms with Gasteiger partial charge in [0.25, 0.3) is 5.91 Å². The van der Waals surface area contributed by atoms with Crippen molar-refractivity contribution in [1.29, 1.82) is 0 Å². The van der Waals surface area contributed by atoms with Crippen LogP contribution in [0.2, 0.25) is 0 Å². The van der Waals surface area contributed by atoms with E-state index in [2.05, 4.69) is 30.5 Å². The summed E-state index contributed by atoms with van der Waals surface area (Å²) in [5.74, 6) is -1.27. The Bertz CT molecular complexity index is 1260. The van der Waals surface area contributed by atoms with Crippen LogP contribution in [0.3, 0.4) is 0 Å². The molecular weight excluding hydrogens is 443 g/mol. The van der Waals surface area contributed by atoms with Gasteiger partial charge in [-0.05, 0) is 32.6 Å². The number of carbonyl (C=O) groups is 1. The van der Waals surface area contributed by atoms with Crippen molar-refractivity contribution in [3.63, 3.8) is 0 Å². The molecule has 1 fully saturated rings. The summed E-state index contributed by atoms with van der Waals surface area (Å²) in [6.07, 6.45) is 12.9. The zero-order chi connectivity index (χ0) is 23.5. The first kappa shape index (κ1) is 21.9. The molecule has 1 saturated carbocycles. The van der Waals surface area contributed by atoms with Gasteiger partial charge in [-0.25, -0.2) is 4.98 Å². The number of halogens is 1. The summed E-state index contributed by atoms with van der Waals surface area (Å²) in [7, 11) is 0. The van der Waals surface area contributed by atoms with Crippen molar-refractivity contribution < 1.29 is 18.3 Å². The number of oxazole rings is 1. The number of hydrogen-bond donors (Lipinski definition) is 2. The Morgan fingerprint density at radius 2 is 2.15 bits per heavy atom. The van der Waals surface area contributed by atoms with Gasteiger partial charge in [-0.15, -0.1) is 0 Å². The maximum absolute atomic E-state index is 13.7. The Labute approximate surface area is 193 Å². The minimum Gasteiger partial charge on any atom is -0.443 e. The Balaban J connectivity index is 1.39. The minimum absolute atomic E-state index is 0.00864. The fourth-order valence-corrected chi connectivity index (χ4v) is 4.10. The molecule has 0 bridgehead atoms. The normalized spacial score (nSPS) is 18.2. The maximum Gasteiger partial charge on any atom is 0.277 e. The molecule has 0 aliphatic heterocycles. The summed E-state index contributed by atoms with van der Waals surface area (Å²) in [5.41, 5.74) is 1.52. The van der Waals surface area contributed by atoms with E-state index < -0.39 is 11.9 Å². The Kier molecular flexibility index (Phi) is 6.12. The van der Waals surface area contributed by atoms with E-state index in [1.54, 1.807) is 24.8 Å². The molecule has 0 radical (unpaired) electrons. The van der Waals surface area contributed by atoms with E-state index in [1.165, 1.54) is 12.5 Å². The molecule has 1 aliphatic carbocycles. The Morgan fingerprint density at radius 1 is 1.29 bits per heavy atom. The molecule has 4 heterocycles. The predicted octanol–water partition coefficient (Wildman–Crippen LogP) is 3.63. The molecule has 1 amide bonds. The summed E-state index contributed by atoms with van der Waals surface area (Å²) >= 11 is 0. The Morgan fingerprint density at radius 3 is 2.85 bits per heavy atom. The van der Waals surface area contributed by atoms with E-state index in [1.807, 2.05) is 11.6 Å². The fraction of sp³-hybridized carbons (Fsp3) is 0.364. The second kappa shape index (κ2) is 9.51. The number of ether oxygens (including phenoxy) is 1. The summed E-state index contributed by atoms with van der Waals surface area (Å²) in [4.78, 5) is 25.5. The zero-order valence-corrected chi connectivity index (χ0v) is 18.4. The molecule has 4 aromatic heterocycles. The van der Waals surface area contributed by atoms with Crippen LogP contribution < -0.4 is 5.32 Å². The number of aromatic nitrogens is 7. The summed E-state index contributed by atoms with van der Waals surface area (Å²) in [6.45, 7) is 2.71. The highest BCUT2D eigenvalue weighted by Gasteiger charge is 2.26. The third kappa shape index (κ3) is 4.44. The van der Waals surface area contributed by atoms with Gasteiger partial charge in [0.2, 0.25) is 11.8 Å². The molecule has 0 unspecified atom stereocenters. The van der Waals surface area contributed by atoms with Crippen molar-refractivity contribution in [3.05, 3.63) is 48.9 Å². The van der Waals surface area contributed by atoms with Crippen LogP contribution in [0.15, 0.2) is 41.7 Å². The summed E-state index contributed by atoms with van der Waals surface area (Å²) < 4.78 is 26.6. The second-order valence-corrected chi connectivity index (χ2v) is 7.94. The summed E-state index contributed by atoms with van der Waals surface area (Å²) in [6, 6.07) is 0.181. The van der Waals surface area contributed by atoms with Crippen LogP contribution in [-0.4, -0.2) is 53.5 Å². The van der Waals surface area contributed by atoms with E-state index in [0.717, 1.165) is 25.7 Å². The molecule has 11 nitrogen and oxygen atoms in total. The van der Waals surface area contributed by atoms with Crippen molar-refractivity contribution in [2.24, 2.45) is 0 Å². The standard InChI is InChI=1S/C22H23FN8O3/c1-2-33-14-5-3-13(4-6-14)31-11-17(19(30-31)16-10-24-7-8-25-16)27-21(32)18-12-34-22(28-18)15-9-26-29-20(15)23/h7-14H,2-6H2,1H3,(H,26,29)(H,27,32)/t13-,14-. The zero-order valence-electron chi connectivity index (χ0n) is 18.4. The highest BCUT2D eigenvalue weighted by atomic mass is 19.1. The number of nitrogens with zero attached hydrogens (tertiary/aromatic N) is 6. The first-order valence-electron chi connectivity index (χ1n) is 11.1. The molecule has 0 saturated heterocycles. The van der Waals surface area contributed by atoms with Crippen LogP contribution in [0.1, 0.15) is 49.1 Å². The second-order valence-electron chi connectivity index (χ2n) is 7.94. The molecule has 1 aliphatic rings. The van der Waals surface area contributed by atoms with Crippen LogP contribution in [0.4, 0.5) is 10.1 Å². The molecule has 0 atom stereocenters. The number of H-pyrrole nitrogens is 1. The van der Waals surface area contributed by atoms with Crippen LogP contribution >= 0.6 is 0 Å². The number of aromatic amines is 1. The number of hydrogen-bond acceptors (Lipinski definition) is 8. The maximum atomic E-state index is 13.7. The molecule has 5 rings (SSSR count). The molecule has 176 valence electrons. The van der Waals surface area contributed by atoms with Crippen LogP contribution in [0.5, 0.6) is 0 Å². The van der Waals surface area contributed by atoms with E-state index in [0.29, 0.717) is 23.7 Å². The molecule has 0 aromatic carbocycles. The van der Waals surface area contributed by atoms with Crippen molar-refractivity contribution in [3.8, 4) is 22.8 Å². The van der Waals surface area contributed by atoms with Gasteiger partial charge in [-0.1, -0.05) is 0 Å². The summed E-state index contributed by atoms with van der Waals surface area (Å²) in [5, 5.41) is 13.3. The average molecular weight is 466 g/mol. The number of anilines is 1. The average Bonchev–Trinajstić information content (AvgIpc) is 3.60. The van der Waals surface area contributed by atoms with Crippen molar-refractivity contribution in [2.45, 2.75) is 44.8 Å². The van der Waals surface area contributed by atoms with Gasteiger partial charge in [-0.2, -0.15) is 14.6 Å². The molecule has 4 aromatic rings. The smallest absolute Gasteiger partial charge is 0.277 e. The lowest BCUT2D eigenvalue weighted by Crippen LogP contribution is -2.24. The monoisotopic (exact) mass is 466 g/mol. The van der Waals surface area contributed by atoms with Crippen molar-refractivity contribution in [1.82, 2.24) is 34.9 Å². The third-order valence-electron chi connectivity index (χ3n) is 5.77. The van der Waals surface area contributed by atoms with Crippen molar-refractivity contribution in [2.75, 3.05) is 11.9 Å². The van der Waals surface area contributed by atoms with Crippen molar-refractivity contribution >= 4 is 11.6 Å². The van der Waals surface area contributed by atoms with E-state index >= 15 is 0 Å². The van der Waals surface area contributed by atoms with Gasteiger partial charge in [0, 0.05) is 25.2 Å². The van der Waals surface area contributed by atoms with E-state index in [4.69, 9.17) is 14.3 Å². The highest BCUT2D eigenvalue weighted by molar-refractivity contribution is 6.04. The quantitative estimate of drug-likeness (QED) is 0.421. The SMILES string of the molecule is CCO[C@H]1CC[C@H](n2cc(NC(=O)c3coc(-c4cn[nH]c4F)n3)c(-c3cnccn3)n2)CC1. The molecule has 12 heteroatoms. The lowest BCUT2D eigenvalue weighted by atomic mass is 9.93. The molecular formula is C22H23FN8O3. The largest absolute Gasteiger partial charge is 0.443 e. The fourth-order valence-electron chi connectivity index (χ4n) is 4.10. The van der Waals surface area contributed by atoms with Gasteiger partial charge in [0.05, 0.1) is 30.2 Å². The van der Waals surface area contributed by atoms with Crippen LogP contribution in [0, 0.1) is 5.95 Å². The first-order valence-corrected chi connectivity index (χ1v) is 11.1. The highest BCUT2D eigenvalue weighted by Crippen LogP contribution is 2.33. The third-order valence-corrected chi connectivity index (χ3v) is 5.77. The molecule has 0 spiro atoms. The number of rotatable bonds is 7. The van der Waals surface area contributed by atoms with Crippen LogP contribution in [-0.2, 0) is 4.74 Å². The topological polar surface area (TPSA) is 137 Å². The van der Waals surface area contributed by atoms with Gasteiger partial charge in [-0.3, -0.25) is 24.5 Å². The number of amides is 1. The minimum atomic E-state index is -0.695. The predicted molar refractivity (Wildman–Crippen MR) is 118 cm³/mol. The Hall–Kier alpha value is -3.93. The van der Waals surface area contributed by atoms with Gasteiger partial charge < -0.3 is 14.5 Å². The van der Waals surface area contributed by atoms with E-state index in [9.17, 15) is 9.18 Å². The first-order chi connectivity index (χ1) is 16.6. The van der Waals surface area contributed by atoms with Gasteiger partial charge >= 0.3 is 0 Å². The lowest BCUT2D eigenvalue weighted by molar-refractivity contribution is 0.0260. The number of carbonyl (C=O) groups excluding carboxylic acids is 1. The molecule has 34 heavy (non-hydrogen) atoms. The van der Waals surface area contributed by atoms with Crippen LogP contribution in [0.25, 0.3) is 22.8 Å². The number of nitrogens with one attached hydrogen (secondary N) is 2. The molecule has 2 N–H and O–H groups in total.